The third-order valence-electron chi connectivity index (χ3n) is 7.12. The lowest BCUT2D eigenvalue weighted by atomic mass is 10.1. The lowest BCUT2D eigenvalue weighted by Crippen LogP contribution is -2.24. The molecule has 25 heteroatoms. The van der Waals surface area contributed by atoms with Gasteiger partial charge in [-0.05, 0) is 42.8 Å². The Balaban J connectivity index is 1.77. The van der Waals surface area contributed by atoms with Crippen molar-refractivity contribution in [2.24, 2.45) is 4.99 Å². The Hall–Kier alpha value is -4.30. The third kappa shape index (κ3) is 5.85. The van der Waals surface area contributed by atoms with Gasteiger partial charge < -0.3 is 25.9 Å². The molecule has 0 spiro atoms. The highest BCUT2D eigenvalue weighted by Gasteiger charge is 2.36. The molecular weight excluding hydrogens is 793 g/mol. The van der Waals surface area contributed by atoms with E-state index < -0.39 is 121 Å². The van der Waals surface area contributed by atoms with E-state index in [1.54, 1.807) is 0 Å². The van der Waals surface area contributed by atoms with Gasteiger partial charge in [-0.2, -0.15) is 33.7 Å². The number of halogens is 2. The van der Waals surface area contributed by atoms with E-state index in [-0.39, 0.29) is 22.6 Å². The van der Waals surface area contributed by atoms with Crippen molar-refractivity contribution in [1.29, 1.82) is 0 Å². The van der Waals surface area contributed by atoms with Crippen LogP contribution in [0.3, 0.4) is 0 Å². The van der Waals surface area contributed by atoms with Gasteiger partial charge in [-0.1, -0.05) is 23.2 Å². The van der Waals surface area contributed by atoms with Gasteiger partial charge in [-0.3, -0.25) is 18.2 Å². The van der Waals surface area contributed by atoms with Crippen molar-refractivity contribution in [3.8, 4) is 23.0 Å². The van der Waals surface area contributed by atoms with Gasteiger partial charge >= 0.3 is 10.1 Å². The molecule has 0 fully saturated rings. The molecular formula is C25H17Cl2N5O14S4. The summed E-state index contributed by atoms with van der Waals surface area (Å²) in [4.78, 5) is 3.27. The van der Waals surface area contributed by atoms with Crippen LogP contribution < -0.4 is 26.9 Å². The van der Waals surface area contributed by atoms with Gasteiger partial charge in [0.1, 0.15) is 42.1 Å². The number of fused-ring (bicyclic) bond motifs is 4. The number of aromatic nitrogens is 1. The Morgan fingerprint density at radius 3 is 1.98 bits per heavy atom. The number of nitrogens with two attached hydrogens (primary N) is 2. The largest absolute Gasteiger partial charge is 0.450 e. The van der Waals surface area contributed by atoms with Gasteiger partial charge in [-0.15, -0.1) is 0 Å². The molecule has 0 saturated carbocycles. The normalized spacial score (nSPS) is 13.9. The second-order valence-corrected chi connectivity index (χ2v) is 16.7. The first-order chi connectivity index (χ1) is 22.9. The molecule has 19 nitrogen and oxygen atoms in total. The standard InChI is InChI=1S/C25H17Cl2N5O14S4/c1-7-4-13(47(33,34)35)11(5-9(7)29)31-17-14(48(36,37)38)6-12-21(25(17)50(42,43)44)46-23-15(26)18-22(16(27)19(23)32-12)45-20-10(30-18)3-2-8(28)24(20)49(39,40)41/h2-6,30H,28-29H2,1H3,(H,33,34,35)(H,36,37,38)(H,39,40,41)(H,42,43,44). The molecule has 264 valence electrons. The van der Waals surface area contributed by atoms with Crippen molar-refractivity contribution in [2.75, 3.05) is 16.8 Å². The number of aryl methyl sites for hydroxylation is 1. The molecule has 0 atom stereocenters. The maximum atomic E-state index is 12.9. The summed E-state index contributed by atoms with van der Waals surface area (Å²) in [5, 5.41) is 0.467. The smallest absolute Gasteiger partial charge is 0.300 e. The van der Waals surface area contributed by atoms with Crippen LogP contribution in [0.5, 0.6) is 11.5 Å². The van der Waals surface area contributed by atoms with E-state index in [1.807, 2.05) is 0 Å². The Morgan fingerprint density at radius 1 is 0.780 bits per heavy atom. The molecule has 0 bridgehead atoms. The fraction of sp³-hybridized carbons (Fsp3) is 0.0400. The fourth-order valence-electron chi connectivity index (χ4n) is 4.96. The number of nitrogens with zero attached hydrogens (tertiary/aromatic N) is 2. The summed E-state index contributed by atoms with van der Waals surface area (Å²) in [5.74, 6) is -1.87. The highest BCUT2D eigenvalue weighted by Crippen LogP contribution is 2.55. The molecule has 6 rings (SSSR count). The highest BCUT2D eigenvalue weighted by molar-refractivity contribution is 7.87. The molecule has 3 aliphatic rings. The molecule has 0 aromatic heterocycles. The summed E-state index contributed by atoms with van der Waals surface area (Å²) in [6.07, 6.45) is 0. The first-order valence-corrected chi connectivity index (χ1v) is 19.5. The van der Waals surface area contributed by atoms with Crippen molar-refractivity contribution in [3.63, 3.8) is 0 Å². The SMILES string of the molecule is Cc1cc(S(=O)(=O)O)c(N=c2c(S(=O)(=O)O)cc3nc4c(Cl)c5c(c(Cl)c4oc-3c2S(=O)(=O)O)Nc2ccc(N)c(S(=O)(=O)O)c2O5)cc1N. The van der Waals surface area contributed by atoms with Gasteiger partial charge in [0, 0.05) is 5.69 Å². The Kier molecular flexibility index (Phi) is 8.07. The number of benzene rings is 4. The molecule has 3 aromatic rings. The van der Waals surface area contributed by atoms with E-state index in [2.05, 4.69) is 15.3 Å². The summed E-state index contributed by atoms with van der Waals surface area (Å²) in [6.45, 7) is 1.35. The van der Waals surface area contributed by atoms with E-state index in [9.17, 15) is 51.9 Å². The van der Waals surface area contributed by atoms with Crippen LogP contribution in [-0.4, -0.2) is 56.9 Å². The van der Waals surface area contributed by atoms with Crippen LogP contribution >= 0.6 is 23.2 Å². The molecule has 50 heavy (non-hydrogen) atoms. The van der Waals surface area contributed by atoms with E-state index in [1.165, 1.54) is 13.0 Å². The number of hydrogen-bond donors (Lipinski definition) is 7. The highest BCUT2D eigenvalue weighted by atomic mass is 35.5. The predicted octanol–water partition coefficient (Wildman–Crippen LogP) is 3.78. The van der Waals surface area contributed by atoms with Gasteiger partial charge in [-0.25, -0.2) is 9.98 Å². The zero-order chi connectivity index (χ0) is 37.0. The van der Waals surface area contributed by atoms with Crippen molar-refractivity contribution >= 4 is 103 Å². The number of nitrogen functional groups attached to an aromatic ring is 2. The van der Waals surface area contributed by atoms with Crippen LogP contribution in [0.2, 0.25) is 10.0 Å². The molecule has 2 aliphatic heterocycles. The first kappa shape index (κ1) is 35.5. The number of rotatable bonds is 5. The van der Waals surface area contributed by atoms with Crippen LogP contribution in [0.4, 0.5) is 28.4 Å². The average Bonchev–Trinajstić information content (AvgIpc) is 2.97. The van der Waals surface area contributed by atoms with E-state index >= 15 is 0 Å². The third-order valence-corrected chi connectivity index (χ3v) is 11.4. The lowest BCUT2D eigenvalue weighted by Gasteiger charge is -2.26. The Morgan fingerprint density at radius 2 is 1.40 bits per heavy atom. The van der Waals surface area contributed by atoms with Crippen LogP contribution in [0.15, 0.2) is 59.3 Å². The topological polar surface area (TPSA) is 329 Å². The minimum atomic E-state index is -5.66. The molecule has 0 saturated heterocycles. The van der Waals surface area contributed by atoms with Gasteiger partial charge in [0.05, 0.1) is 17.1 Å². The van der Waals surface area contributed by atoms with Gasteiger partial charge in [0.2, 0.25) is 0 Å². The maximum absolute atomic E-state index is 12.9. The number of ether oxygens (including phenoxy) is 1. The zero-order valence-corrected chi connectivity index (χ0v) is 29.0. The van der Waals surface area contributed by atoms with Crippen LogP contribution in [0.25, 0.3) is 22.6 Å². The summed E-state index contributed by atoms with van der Waals surface area (Å²) in [7, 11) is -21.3. The van der Waals surface area contributed by atoms with E-state index in [4.69, 9.17) is 43.8 Å². The van der Waals surface area contributed by atoms with Gasteiger partial charge in [0.25, 0.3) is 30.4 Å². The van der Waals surface area contributed by atoms with Crippen molar-refractivity contribution < 1.29 is 61.0 Å². The fourth-order valence-corrected chi connectivity index (χ4v) is 8.42. The average molecular weight is 811 g/mol. The zero-order valence-electron chi connectivity index (χ0n) is 24.2. The number of anilines is 4. The van der Waals surface area contributed by atoms with Gasteiger partial charge in [0.15, 0.2) is 32.6 Å². The molecule has 2 heterocycles. The monoisotopic (exact) mass is 809 g/mol. The molecule has 0 radical (unpaired) electrons. The van der Waals surface area contributed by atoms with E-state index in [0.29, 0.717) is 6.07 Å². The number of nitrogens with one attached hydrogen (secondary N) is 1. The molecule has 3 aromatic carbocycles. The quantitative estimate of drug-likeness (QED) is 0.0740. The molecule has 0 unspecified atom stereocenters. The second kappa shape index (κ2) is 11.4. The number of hydrogen-bond acceptors (Lipinski definition) is 15. The first-order valence-electron chi connectivity index (χ1n) is 12.9. The minimum Gasteiger partial charge on any atom is -0.450 e. The maximum Gasteiger partial charge on any atom is 0.300 e. The second-order valence-electron chi connectivity index (χ2n) is 10.4. The van der Waals surface area contributed by atoms with Crippen molar-refractivity contribution in [3.05, 3.63) is 51.3 Å². The van der Waals surface area contributed by atoms with Crippen LogP contribution in [0.1, 0.15) is 5.56 Å². The summed E-state index contributed by atoms with van der Waals surface area (Å²) >= 11 is 13.2. The van der Waals surface area contributed by atoms with Crippen molar-refractivity contribution in [1.82, 2.24) is 4.98 Å². The summed E-state index contributed by atoms with van der Waals surface area (Å²) in [5.41, 5.74) is 8.26. The Labute approximate surface area is 290 Å². The van der Waals surface area contributed by atoms with Crippen molar-refractivity contribution in [2.45, 2.75) is 26.5 Å². The summed E-state index contributed by atoms with van der Waals surface area (Å²) in [6, 6.07) is 4.58. The minimum absolute atomic E-state index is 0.102. The Bertz CT molecular complexity index is 2880. The lowest BCUT2D eigenvalue weighted by molar-refractivity contribution is 0.449. The molecule has 1 aliphatic carbocycles. The predicted molar refractivity (Wildman–Crippen MR) is 175 cm³/mol. The van der Waals surface area contributed by atoms with Crippen LogP contribution in [0, 0.1) is 6.92 Å². The summed E-state index contributed by atoms with van der Waals surface area (Å²) < 4.78 is 151. The van der Waals surface area contributed by atoms with E-state index in [0.717, 1.165) is 18.2 Å². The molecule has 9 N–H and O–H groups in total. The van der Waals surface area contributed by atoms with Crippen LogP contribution in [-0.2, 0) is 40.5 Å². The molecule has 0 amide bonds.